The molecule has 0 aliphatic carbocycles. The third kappa shape index (κ3) is 2.44. The molecule has 0 spiro atoms. The first-order valence-electron chi connectivity index (χ1n) is 5.60. The fraction of sp³-hybridized carbons (Fsp3) is 0.500. The van der Waals surface area contributed by atoms with E-state index in [0.29, 0.717) is 10.5 Å². The summed E-state index contributed by atoms with van der Waals surface area (Å²) in [6.07, 6.45) is 0. The lowest BCUT2D eigenvalue weighted by Gasteiger charge is -2.37. The molecular formula is C12H16BrFN2. The second-order valence-electron chi connectivity index (χ2n) is 4.09. The van der Waals surface area contributed by atoms with Gasteiger partial charge in [0.15, 0.2) is 0 Å². The number of halogens is 2. The topological polar surface area (TPSA) is 15.3 Å². The van der Waals surface area contributed by atoms with Crippen molar-refractivity contribution in [3.05, 3.63) is 34.1 Å². The van der Waals surface area contributed by atoms with Gasteiger partial charge in [0.2, 0.25) is 0 Å². The third-order valence-electron chi connectivity index (χ3n) is 3.09. The number of nitrogens with one attached hydrogen (secondary N) is 1. The summed E-state index contributed by atoms with van der Waals surface area (Å²) < 4.78 is 14.0. The Balaban J connectivity index is 2.09. The minimum Gasteiger partial charge on any atom is -0.314 e. The van der Waals surface area contributed by atoms with Crippen LogP contribution in [0.5, 0.6) is 0 Å². The van der Waals surface area contributed by atoms with Crippen molar-refractivity contribution in [2.75, 3.05) is 19.6 Å². The molecule has 1 N–H and O–H groups in total. The van der Waals surface area contributed by atoms with Crippen molar-refractivity contribution < 1.29 is 4.39 Å². The van der Waals surface area contributed by atoms with Crippen molar-refractivity contribution in [1.29, 1.82) is 0 Å². The van der Waals surface area contributed by atoms with Crippen LogP contribution in [0.2, 0.25) is 0 Å². The molecule has 1 aliphatic heterocycles. The molecule has 0 atom stereocenters. The summed E-state index contributed by atoms with van der Waals surface area (Å²) in [4.78, 5) is 2.37. The van der Waals surface area contributed by atoms with Gasteiger partial charge in [0.05, 0.1) is 4.47 Å². The number of nitrogens with zero attached hydrogens (tertiary/aromatic N) is 1. The molecule has 2 rings (SSSR count). The Labute approximate surface area is 104 Å². The van der Waals surface area contributed by atoms with Gasteiger partial charge >= 0.3 is 0 Å². The first-order chi connectivity index (χ1) is 7.72. The number of rotatable bonds is 4. The van der Waals surface area contributed by atoms with Crippen molar-refractivity contribution >= 4 is 15.9 Å². The number of likely N-dealkylation sites (N-methyl/N-ethyl adjacent to an activating group) is 1. The molecule has 2 nitrogen and oxygen atoms in total. The predicted octanol–water partition coefficient (Wildman–Crippen LogP) is 2.38. The minimum absolute atomic E-state index is 0.180. The van der Waals surface area contributed by atoms with E-state index in [-0.39, 0.29) is 5.82 Å². The molecule has 0 saturated carbocycles. The molecule has 88 valence electrons. The van der Waals surface area contributed by atoms with E-state index in [2.05, 4.69) is 33.1 Å². The maximum atomic E-state index is 13.4. The van der Waals surface area contributed by atoms with Crippen LogP contribution in [0.25, 0.3) is 0 Å². The normalized spacial score (nSPS) is 16.5. The molecule has 1 fully saturated rings. The monoisotopic (exact) mass is 286 g/mol. The zero-order chi connectivity index (χ0) is 11.5. The van der Waals surface area contributed by atoms with Gasteiger partial charge < -0.3 is 5.32 Å². The van der Waals surface area contributed by atoms with Gasteiger partial charge in [0.25, 0.3) is 0 Å². The van der Waals surface area contributed by atoms with E-state index in [1.807, 2.05) is 6.07 Å². The van der Waals surface area contributed by atoms with Crippen LogP contribution >= 0.6 is 15.9 Å². The first kappa shape index (κ1) is 12.0. The molecule has 0 unspecified atom stereocenters. The molecule has 4 heteroatoms. The van der Waals surface area contributed by atoms with Gasteiger partial charge in [-0.1, -0.05) is 19.1 Å². The zero-order valence-corrected chi connectivity index (χ0v) is 10.9. The van der Waals surface area contributed by atoms with Gasteiger partial charge in [-0.3, -0.25) is 4.90 Å². The predicted molar refractivity (Wildman–Crippen MR) is 66.8 cm³/mol. The summed E-state index contributed by atoms with van der Waals surface area (Å²) in [6.45, 7) is 6.03. The highest BCUT2D eigenvalue weighted by Crippen LogP contribution is 2.22. The molecule has 1 heterocycles. The van der Waals surface area contributed by atoms with E-state index in [0.717, 1.165) is 31.7 Å². The van der Waals surface area contributed by atoms with Crippen LogP contribution < -0.4 is 5.32 Å². The number of hydrogen-bond donors (Lipinski definition) is 1. The summed E-state index contributed by atoms with van der Waals surface area (Å²) in [5, 5.41) is 3.26. The Kier molecular flexibility index (Phi) is 3.95. The largest absolute Gasteiger partial charge is 0.314 e. The van der Waals surface area contributed by atoms with Crippen LogP contribution in [0, 0.1) is 5.82 Å². The Morgan fingerprint density at radius 2 is 2.25 bits per heavy atom. The molecule has 1 saturated heterocycles. The van der Waals surface area contributed by atoms with Gasteiger partial charge in [-0.25, -0.2) is 4.39 Å². The number of hydrogen-bond acceptors (Lipinski definition) is 2. The molecule has 0 radical (unpaired) electrons. The van der Waals surface area contributed by atoms with Crippen LogP contribution in [-0.2, 0) is 6.54 Å². The summed E-state index contributed by atoms with van der Waals surface area (Å²) >= 11 is 3.31. The zero-order valence-electron chi connectivity index (χ0n) is 9.34. The van der Waals surface area contributed by atoms with Gasteiger partial charge in [-0.05, 0) is 34.1 Å². The summed E-state index contributed by atoms with van der Waals surface area (Å²) in [6, 6.07) is 5.82. The first-order valence-corrected chi connectivity index (χ1v) is 6.39. The SMILES string of the molecule is CCN(Cc1cccc(F)c1Br)C1CNC1. The van der Waals surface area contributed by atoms with Gasteiger partial charge in [0, 0.05) is 25.7 Å². The van der Waals surface area contributed by atoms with E-state index in [9.17, 15) is 4.39 Å². The lowest BCUT2D eigenvalue weighted by Crippen LogP contribution is -2.56. The lowest BCUT2D eigenvalue weighted by molar-refractivity contribution is 0.145. The molecule has 0 aromatic heterocycles. The van der Waals surface area contributed by atoms with Crippen LogP contribution in [0.3, 0.4) is 0 Å². The Hall–Kier alpha value is -0.450. The van der Waals surface area contributed by atoms with Gasteiger partial charge in [0.1, 0.15) is 5.82 Å². The van der Waals surface area contributed by atoms with Crippen molar-refractivity contribution in [3.63, 3.8) is 0 Å². The Morgan fingerprint density at radius 1 is 1.50 bits per heavy atom. The summed E-state index contributed by atoms with van der Waals surface area (Å²) in [7, 11) is 0. The quantitative estimate of drug-likeness (QED) is 0.914. The molecule has 1 aliphatic rings. The van der Waals surface area contributed by atoms with Gasteiger partial charge in [-0.15, -0.1) is 0 Å². The summed E-state index contributed by atoms with van der Waals surface area (Å²) in [5.41, 5.74) is 1.02. The van der Waals surface area contributed by atoms with Crippen LogP contribution in [0.4, 0.5) is 4.39 Å². The van der Waals surface area contributed by atoms with E-state index >= 15 is 0 Å². The molecular weight excluding hydrogens is 271 g/mol. The standard InChI is InChI=1S/C12H16BrFN2/c1-2-16(10-6-15-7-10)8-9-4-3-5-11(14)12(9)13/h3-5,10,15H,2,6-8H2,1H3. The van der Waals surface area contributed by atoms with E-state index in [4.69, 9.17) is 0 Å². The Bertz CT molecular complexity index is 366. The van der Waals surface area contributed by atoms with Crippen molar-refractivity contribution in [3.8, 4) is 0 Å². The molecule has 0 bridgehead atoms. The highest BCUT2D eigenvalue weighted by atomic mass is 79.9. The second kappa shape index (κ2) is 5.25. The minimum atomic E-state index is -0.180. The fourth-order valence-electron chi connectivity index (χ4n) is 1.92. The average molecular weight is 287 g/mol. The molecule has 0 amide bonds. The van der Waals surface area contributed by atoms with E-state index in [1.165, 1.54) is 6.07 Å². The Morgan fingerprint density at radius 3 is 2.81 bits per heavy atom. The summed E-state index contributed by atoms with van der Waals surface area (Å²) in [5.74, 6) is -0.180. The molecule has 1 aromatic rings. The lowest BCUT2D eigenvalue weighted by atomic mass is 10.1. The number of benzene rings is 1. The van der Waals surface area contributed by atoms with Crippen LogP contribution in [0.1, 0.15) is 12.5 Å². The maximum absolute atomic E-state index is 13.4. The van der Waals surface area contributed by atoms with Crippen molar-refractivity contribution in [1.82, 2.24) is 10.2 Å². The van der Waals surface area contributed by atoms with Crippen molar-refractivity contribution in [2.24, 2.45) is 0 Å². The fourth-order valence-corrected chi connectivity index (χ4v) is 2.31. The highest BCUT2D eigenvalue weighted by molar-refractivity contribution is 9.10. The van der Waals surface area contributed by atoms with Crippen LogP contribution in [-0.4, -0.2) is 30.6 Å². The van der Waals surface area contributed by atoms with Crippen molar-refractivity contribution in [2.45, 2.75) is 19.5 Å². The smallest absolute Gasteiger partial charge is 0.137 e. The molecule has 1 aromatic carbocycles. The third-order valence-corrected chi connectivity index (χ3v) is 3.98. The van der Waals surface area contributed by atoms with E-state index < -0.39 is 0 Å². The maximum Gasteiger partial charge on any atom is 0.137 e. The van der Waals surface area contributed by atoms with Gasteiger partial charge in [-0.2, -0.15) is 0 Å². The highest BCUT2D eigenvalue weighted by Gasteiger charge is 2.23. The molecule has 16 heavy (non-hydrogen) atoms. The van der Waals surface area contributed by atoms with Crippen LogP contribution in [0.15, 0.2) is 22.7 Å². The second-order valence-corrected chi connectivity index (χ2v) is 4.88. The van der Waals surface area contributed by atoms with E-state index in [1.54, 1.807) is 6.07 Å². The average Bonchev–Trinajstić information content (AvgIpc) is 2.21.